The molecule has 0 N–H and O–H groups in total. The lowest BCUT2D eigenvalue weighted by molar-refractivity contribution is 0.0294. The summed E-state index contributed by atoms with van der Waals surface area (Å²) in [6.45, 7) is 12.5. The Kier molecular flexibility index (Phi) is 8.84. The second kappa shape index (κ2) is 12.7. The van der Waals surface area contributed by atoms with Gasteiger partial charge in [-0.05, 0) is 70.0 Å². The van der Waals surface area contributed by atoms with E-state index < -0.39 is 5.60 Å². The van der Waals surface area contributed by atoms with Crippen LogP contribution in [0.1, 0.15) is 51.8 Å². The summed E-state index contributed by atoms with van der Waals surface area (Å²) in [5.74, 6) is 1.26. The summed E-state index contributed by atoms with van der Waals surface area (Å²) in [5.41, 5.74) is 3.35. The standard InChI is InChI=1S/C33H39Cl2N9O2/c1-21-18-43(22(2)17-42(21)28(23-7-11-25(34)12-8-23)24-9-13-26(35)14-10-24)29-27-30(44-20-37-39-31(44)38-29)41(19-36-27)16-15-40(6)32(45)46-33(3,4)5/h7-14,19-22,28H,15-18H2,1-6H3/t21-,22+/m1/s1. The summed E-state index contributed by atoms with van der Waals surface area (Å²) < 4.78 is 9.39. The molecule has 0 bridgehead atoms. The minimum absolute atomic E-state index is 0.0160. The van der Waals surface area contributed by atoms with Crippen LogP contribution in [0.2, 0.25) is 10.0 Å². The molecular formula is C33H39Cl2N9O2. The van der Waals surface area contributed by atoms with Crippen LogP contribution in [0.4, 0.5) is 10.6 Å². The topological polar surface area (TPSA) is 96.9 Å². The monoisotopic (exact) mass is 663 g/mol. The van der Waals surface area contributed by atoms with Gasteiger partial charge in [0, 0.05) is 55.4 Å². The Hall–Kier alpha value is -3.93. The first-order chi connectivity index (χ1) is 21.9. The molecule has 4 heterocycles. The summed E-state index contributed by atoms with van der Waals surface area (Å²) in [6, 6.07) is 16.4. The molecule has 3 aromatic heterocycles. The number of nitrogens with zero attached hydrogens (tertiary/aromatic N) is 9. The number of anilines is 1. The highest BCUT2D eigenvalue weighted by Gasteiger charge is 2.37. The van der Waals surface area contributed by atoms with Crippen LogP contribution in [0.3, 0.4) is 0 Å². The normalized spacial score (nSPS) is 17.7. The molecule has 0 saturated carbocycles. The summed E-state index contributed by atoms with van der Waals surface area (Å²) in [7, 11) is 1.73. The lowest BCUT2D eigenvalue weighted by Crippen LogP contribution is -2.57. The number of fused-ring (bicyclic) bond motifs is 3. The van der Waals surface area contributed by atoms with Gasteiger partial charge in [-0.1, -0.05) is 47.5 Å². The zero-order valence-electron chi connectivity index (χ0n) is 26.9. The average molecular weight is 665 g/mol. The number of likely N-dealkylation sites (N-methyl/N-ethyl adjacent to an activating group) is 1. The van der Waals surface area contributed by atoms with E-state index in [0.29, 0.717) is 28.9 Å². The molecule has 13 heteroatoms. The second-order valence-corrected chi connectivity index (χ2v) is 13.9. The number of imidazole rings is 1. The highest BCUT2D eigenvalue weighted by molar-refractivity contribution is 6.30. The predicted molar refractivity (Wildman–Crippen MR) is 181 cm³/mol. The van der Waals surface area contributed by atoms with Gasteiger partial charge in [-0.25, -0.2) is 14.2 Å². The van der Waals surface area contributed by atoms with Crippen LogP contribution in [-0.2, 0) is 11.3 Å². The predicted octanol–water partition coefficient (Wildman–Crippen LogP) is 6.34. The molecular weight excluding hydrogens is 625 g/mol. The number of benzene rings is 2. The van der Waals surface area contributed by atoms with E-state index in [1.807, 2.05) is 54.0 Å². The SMILES string of the molecule is C[C@@H]1CN(c2nc3nncn3c3c2ncn3CCN(C)C(=O)OC(C)(C)C)[C@@H](C)CN1C(c1ccc(Cl)cc1)c1ccc(Cl)cc1. The third-order valence-electron chi connectivity index (χ3n) is 8.38. The second-order valence-electron chi connectivity index (χ2n) is 13.0. The summed E-state index contributed by atoms with van der Waals surface area (Å²) in [5, 5.41) is 9.87. The number of piperazine rings is 1. The molecule has 0 aliphatic carbocycles. The number of hydrogen-bond acceptors (Lipinski definition) is 8. The molecule has 2 aromatic carbocycles. The number of ether oxygens (including phenoxy) is 1. The fourth-order valence-corrected chi connectivity index (χ4v) is 6.37. The van der Waals surface area contributed by atoms with Crippen molar-refractivity contribution in [1.29, 1.82) is 0 Å². The van der Waals surface area contributed by atoms with Crippen molar-refractivity contribution in [3.05, 3.63) is 82.4 Å². The molecule has 0 spiro atoms. The molecule has 1 aliphatic rings. The van der Waals surface area contributed by atoms with E-state index in [0.717, 1.165) is 30.1 Å². The lowest BCUT2D eigenvalue weighted by Gasteiger charge is -2.48. The number of halogens is 2. The van der Waals surface area contributed by atoms with Crippen molar-refractivity contribution < 1.29 is 9.53 Å². The van der Waals surface area contributed by atoms with Crippen molar-refractivity contribution in [3.8, 4) is 0 Å². The number of aromatic nitrogens is 6. The minimum Gasteiger partial charge on any atom is -0.444 e. The maximum atomic E-state index is 12.6. The maximum absolute atomic E-state index is 12.6. The van der Waals surface area contributed by atoms with Gasteiger partial charge in [0.25, 0.3) is 5.78 Å². The number of carbonyl (C=O) groups excluding carboxylic acids is 1. The van der Waals surface area contributed by atoms with Gasteiger partial charge in [0.1, 0.15) is 17.4 Å². The minimum atomic E-state index is -0.566. The zero-order chi connectivity index (χ0) is 32.7. The fourth-order valence-electron chi connectivity index (χ4n) is 6.11. The summed E-state index contributed by atoms with van der Waals surface area (Å²) in [6.07, 6.45) is 3.07. The Morgan fingerprint density at radius 3 is 2.22 bits per heavy atom. The molecule has 2 atom stereocenters. The van der Waals surface area contributed by atoms with Crippen LogP contribution in [0.15, 0.2) is 61.2 Å². The number of carbonyl (C=O) groups is 1. The average Bonchev–Trinajstić information content (AvgIpc) is 3.65. The first kappa shape index (κ1) is 32.0. The van der Waals surface area contributed by atoms with Gasteiger partial charge in [0.2, 0.25) is 0 Å². The van der Waals surface area contributed by atoms with E-state index in [-0.39, 0.29) is 24.2 Å². The van der Waals surface area contributed by atoms with E-state index in [1.54, 1.807) is 24.6 Å². The number of hydrogen-bond donors (Lipinski definition) is 0. The molecule has 1 amide bonds. The zero-order valence-corrected chi connectivity index (χ0v) is 28.4. The van der Waals surface area contributed by atoms with Crippen LogP contribution < -0.4 is 4.90 Å². The quantitative estimate of drug-likeness (QED) is 0.199. The van der Waals surface area contributed by atoms with Crippen LogP contribution in [0.25, 0.3) is 16.9 Å². The van der Waals surface area contributed by atoms with Crippen LogP contribution in [0.5, 0.6) is 0 Å². The van der Waals surface area contributed by atoms with Crippen LogP contribution in [0, 0.1) is 0 Å². The molecule has 1 aliphatic heterocycles. The first-order valence-electron chi connectivity index (χ1n) is 15.4. The van der Waals surface area contributed by atoms with Gasteiger partial charge in [0.05, 0.1) is 12.4 Å². The van der Waals surface area contributed by atoms with Crippen molar-refractivity contribution in [2.24, 2.45) is 0 Å². The number of rotatable bonds is 7. The Balaban J connectivity index is 1.30. The highest BCUT2D eigenvalue weighted by atomic mass is 35.5. The molecule has 242 valence electrons. The van der Waals surface area contributed by atoms with E-state index in [4.69, 9.17) is 37.9 Å². The van der Waals surface area contributed by atoms with Crippen molar-refractivity contribution >= 4 is 52.1 Å². The van der Waals surface area contributed by atoms with Gasteiger partial charge in [-0.3, -0.25) is 4.90 Å². The van der Waals surface area contributed by atoms with Crippen molar-refractivity contribution in [2.45, 2.75) is 64.9 Å². The molecule has 1 fully saturated rings. The summed E-state index contributed by atoms with van der Waals surface area (Å²) >= 11 is 12.6. The molecule has 5 aromatic rings. The van der Waals surface area contributed by atoms with Crippen molar-refractivity contribution in [1.82, 2.24) is 38.9 Å². The largest absolute Gasteiger partial charge is 0.444 e. The Morgan fingerprint density at radius 1 is 0.978 bits per heavy atom. The Labute approximate surface area is 278 Å². The highest BCUT2D eigenvalue weighted by Crippen LogP contribution is 2.36. The molecule has 6 rings (SSSR count). The third kappa shape index (κ3) is 6.49. The molecule has 11 nitrogen and oxygen atoms in total. The Morgan fingerprint density at radius 2 is 1.61 bits per heavy atom. The molecule has 0 radical (unpaired) electrons. The van der Waals surface area contributed by atoms with Gasteiger partial charge in [-0.15, -0.1) is 10.2 Å². The lowest BCUT2D eigenvalue weighted by atomic mass is 9.93. The molecule has 1 saturated heterocycles. The first-order valence-corrected chi connectivity index (χ1v) is 16.2. The molecule has 0 unspecified atom stereocenters. The Bertz CT molecular complexity index is 1790. The van der Waals surface area contributed by atoms with Crippen molar-refractivity contribution in [3.63, 3.8) is 0 Å². The van der Waals surface area contributed by atoms with Gasteiger partial charge >= 0.3 is 6.09 Å². The van der Waals surface area contributed by atoms with Gasteiger partial charge < -0.3 is 19.1 Å². The van der Waals surface area contributed by atoms with E-state index >= 15 is 0 Å². The summed E-state index contributed by atoms with van der Waals surface area (Å²) in [4.78, 5) is 28.8. The van der Waals surface area contributed by atoms with Gasteiger partial charge in [0.15, 0.2) is 11.5 Å². The third-order valence-corrected chi connectivity index (χ3v) is 8.88. The van der Waals surface area contributed by atoms with Crippen LogP contribution >= 0.6 is 23.2 Å². The maximum Gasteiger partial charge on any atom is 0.410 e. The smallest absolute Gasteiger partial charge is 0.410 e. The van der Waals surface area contributed by atoms with Crippen LogP contribution in [-0.4, -0.2) is 89.4 Å². The van der Waals surface area contributed by atoms with Gasteiger partial charge in [-0.2, -0.15) is 4.98 Å². The van der Waals surface area contributed by atoms with Crippen molar-refractivity contribution in [2.75, 3.05) is 31.6 Å². The van der Waals surface area contributed by atoms with E-state index in [2.05, 4.69) is 58.1 Å². The van der Waals surface area contributed by atoms with E-state index in [9.17, 15) is 4.79 Å². The molecule has 46 heavy (non-hydrogen) atoms. The van der Waals surface area contributed by atoms with E-state index in [1.165, 1.54) is 11.1 Å². The number of amides is 1. The fraction of sp³-hybridized carbons (Fsp3) is 0.424.